The molecule has 11 heteroatoms. The molecule has 5 nitrogen and oxygen atoms in total. The van der Waals surface area contributed by atoms with Gasteiger partial charge in [-0.1, -0.05) is 0 Å². The standard InChI is InChI=1S/C6H2ClF4NO4S/c7-17(14,15)4-2(16-6(9,10)11)1-12-5(13)3(4)8/h1H,(H,12,13). The zero-order chi connectivity index (χ0) is 13.4. The molecular weight excluding hydrogens is 294 g/mol. The molecule has 0 unspecified atom stereocenters. The molecule has 0 fully saturated rings. The van der Waals surface area contributed by atoms with Crippen molar-refractivity contribution in [1.29, 1.82) is 0 Å². The van der Waals surface area contributed by atoms with Gasteiger partial charge < -0.3 is 9.72 Å². The van der Waals surface area contributed by atoms with Gasteiger partial charge in [-0.2, -0.15) is 4.39 Å². The summed E-state index contributed by atoms with van der Waals surface area (Å²) in [5.41, 5.74) is -1.54. The molecule has 0 aliphatic carbocycles. The lowest BCUT2D eigenvalue weighted by molar-refractivity contribution is -0.275. The van der Waals surface area contributed by atoms with E-state index in [9.17, 15) is 30.8 Å². The van der Waals surface area contributed by atoms with Crippen LogP contribution in [0.25, 0.3) is 0 Å². The first-order chi connectivity index (χ1) is 7.52. The second-order valence-corrected chi connectivity index (χ2v) is 5.11. The van der Waals surface area contributed by atoms with Crippen molar-refractivity contribution in [3.8, 4) is 5.75 Å². The number of aromatic amines is 1. The van der Waals surface area contributed by atoms with Crippen LogP contribution in [0.4, 0.5) is 17.6 Å². The number of hydrogen-bond acceptors (Lipinski definition) is 4. The minimum Gasteiger partial charge on any atom is -0.403 e. The van der Waals surface area contributed by atoms with E-state index in [1.165, 1.54) is 4.98 Å². The predicted molar refractivity (Wildman–Crippen MR) is 46.7 cm³/mol. The van der Waals surface area contributed by atoms with Crippen molar-refractivity contribution in [1.82, 2.24) is 4.98 Å². The van der Waals surface area contributed by atoms with E-state index < -0.39 is 37.4 Å². The SMILES string of the molecule is O=c1[nH]cc(OC(F)(F)F)c(S(=O)(=O)Cl)c1F. The summed E-state index contributed by atoms with van der Waals surface area (Å²) in [6.07, 6.45) is -5.02. The van der Waals surface area contributed by atoms with Gasteiger partial charge in [0.25, 0.3) is 14.6 Å². The fourth-order valence-electron chi connectivity index (χ4n) is 0.899. The van der Waals surface area contributed by atoms with Crippen molar-refractivity contribution < 1.29 is 30.7 Å². The van der Waals surface area contributed by atoms with Crippen molar-refractivity contribution in [2.45, 2.75) is 11.3 Å². The first kappa shape index (κ1) is 13.8. The van der Waals surface area contributed by atoms with Gasteiger partial charge in [-0.3, -0.25) is 4.79 Å². The monoisotopic (exact) mass is 295 g/mol. The third-order valence-electron chi connectivity index (χ3n) is 1.43. The maximum absolute atomic E-state index is 13.1. The lowest BCUT2D eigenvalue weighted by Gasteiger charge is -2.11. The average molecular weight is 296 g/mol. The molecule has 0 amide bonds. The molecule has 1 heterocycles. The van der Waals surface area contributed by atoms with Gasteiger partial charge >= 0.3 is 6.36 Å². The van der Waals surface area contributed by atoms with Crippen molar-refractivity contribution >= 4 is 19.7 Å². The van der Waals surface area contributed by atoms with Gasteiger partial charge in [-0.05, 0) is 0 Å². The van der Waals surface area contributed by atoms with Crippen molar-refractivity contribution in [3.05, 3.63) is 22.4 Å². The highest BCUT2D eigenvalue weighted by molar-refractivity contribution is 8.13. The highest BCUT2D eigenvalue weighted by atomic mass is 35.7. The van der Waals surface area contributed by atoms with Crippen LogP contribution >= 0.6 is 10.7 Å². The first-order valence-electron chi connectivity index (χ1n) is 3.64. The molecule has 96 valence electrons. The third-order valence-corrected chi connectivity index (χ3v) is 2.76. The number of hydrogen-bond donors (Lipinski definition) is 1. The zero-order valence-corrected chi connectivity index (χ0v) is 9.08. The number of rotatable bonds is 2. The average Bonchev–Trinajstić information content (AvgIpc) is 2.06. The van der Waals surface area contributed by atoms with Crippen LogP contribution in [-0.4, -0.2) is 19.8 Å². The predicted octanol–water partition coefficient (Wildman–Crippen LogP) is 1.34. The normalized spacial score (nSPS) is 12.5. The van der Waals surface area contributed by atoms with E-state index in [-0.39, 0.29) is 6.20 Å². The number of aromatic nitrogens is 1. The number of alkyl halides is 3. The third kappa shape index (κ3) is 3.33. The smallest absolute Gasteiger partial charge is 0.403 e. The second-order valence-electron chi connectivity index (χ2n) is 2.61. The van der Waals surface area contributed by atoms with Gasteiger partial charge in [0, 0.05) is 16.9 Å². The number of nitrogens with one attached hydrogen (secondary N) is 1. The van der Waals surface area contributed by atoms with Crippen LogP contribution in [0.2, 0.25) is 0 Å². The number of halogens is 5. The highest BCUT2D eigenvalue weighted by Gasteiger charge is 2.36. The molecule has 0 aromatic carbocycles. The van der Waals surface area contributed by atoms with Crippen LogP contribution in [0.1, 0.15) is 0 Å². The molecule has 0 saturated carbocycles. The largest absolute Gasteiger partial charge is 0.573 e. The Balaban J connectivity index is 3.53. The Morgan fingerprint density at radius 2 is 1.88 bits per heavy atom. The summed E-state index contributed by atoms with van der Waals surface area (Å²) in [6.45, 7) is 0. The highest BCUT2D eigenvalue weighted by Crippen LogP contribution is 2.31. The van der Waals surface area contributed by atoms with E-state index in [0.29, 0.717) is 0 Å². The first-order valence-corrected chi connectivity index (χ1v) is 5.95. The Morgan fingerprint density at radius 3 is 2.29 bits per heavy atom. The number of ether oxygens (including phenoxy) is 1. The summed E-state index contributed by atoms with van der Waals surface area (Å²) in [7, 11) is -0.205. The van der Waals surface area contributed by atoms with E-state index in [1.807, 2.05) is 0 Å². The van der Waals surface area contributed by atoms with Crippen LogP contribution in [0.15, 0.2) is 15.9 Å². The maximum atomic E-state index is 13.1. The van der Waals surface area contributed by atoms with Crippen LogP contribution in [0.3, 0.4) is 0 Å². The van der Waals surface area contributed by atoms with Crippen LogP contribution < -0.4 is 10.3 Å². The quantitative estimate of drug-likeness (QED) is 0.660. The fourth-order valence-corrected chi connectivity index (χ4v) is 1.98. The van der Waals surface area contributed by atoms with Crippen molar-refractivity contribution in [3.63, 3.8) is 0 Å². The maximum Gasteiger partial charge on any atom is 0.573 e. The van der Waals surface area contributed by atoms with Crippen LogP contribution in [-0.2, 0) is 9.05 Å². The zero-order valence-electron chi connectivity index (χ0n) is 7.51. The van der Waals surface area contributed by atoms with Gasteiger partial charge in [-0.15, -0.1) is 13.2 Å². The van der Waals surface area contributed by atoms with E-state index in [2.05, 4.69) is 4.74 Å². The molecule has 0 saturated heterocycles. The van der Waals surface area contributed by atoms with E-state index in [1.54, 1.807) is 0 Å². The Bertz CT molecular complexity index is 593. The van der Waals surface area contributed by atoms with E-state index in [4.69, 9.17) is 10.7 Å². The van der Waals surface area contributed by atoms with Gasteiger partial charge in [-0.25, -0.2) is 8.42 Å². The lowest BCUT2D eigenvalue weighted by atomic mass is 10.4. The minimum absolute atomic E-state index is 0.244. The van der Waals surface area contributed by atoms with Gasteiger partial charge in [0.15, 0.2) is 10.6 Å². The van der Waals surface area contributed by atoms with Gasteiger partial charge in [0.1, 0.15) is 0 Å². The topological polar surface area (TPSA) is 76.2 Å². The molecule has 1 aromatic rings. The Kier molecular flexibility index (Phi) is 3.39. The van der Waals surface area contributed by atoms with E-state index in [0.717, 1.165) is 0 Å². The summed E-state index contributed by atoms with van der Waals surface area (Å²) in [5.74, 6) is -3.44. The molecule has 0 bridgehead atoms. The fraction of sp³-hybridized carbons (Fsp3) is 0.167. The van der Waals surface area contributed by atoms with Gasteiger partial charge in [0.2, 0.25) is 5.82 Å². The molecule has 0 radical (unpaired) electrons. The lowest BCUT2D eigenvalue weighted by Crippen LogP contribution is -2.22. The summed E-state index contributed by atoms with van der Waals surface area (Å²) >= 11 is 0. The minimum atomic E-state index is -5.26. The molecule has 17 heavy (non-hydrogen) atoms. The second kappa shape index (κ2) is 4.18. The molecular formula is C6H2ClF4NO4S. The molecule has 0 spiro atoms. The summed E-state index contributed by atoms with van der Waals surface area (Å²) in [6, 6.07) is 0. The van der Waals surface area contributed by atoms with E-state index >= 15 is 0 Å². The summed E-state index contributed by atoms with van der Waals surface area (Å²) < 4.78 is 73.6. The van der Waals surface area contributed by atoms with Crippen molar-refractivity contribution in [2.75, 3.05) is 0 Å². The summed E-state index contributed by atoms with van der Waals surface area (Å²) in [5, 5.41) is 0. The molecule has 0 aliphatic rings. The molecule has 0 aliphatic heterocycles. The van der Waals surface area contributed by atoms with Gasteiger partial charge in [0.05, 0.1) is 0 Å². The Hall–Kier alpha value is -1.29. The molecule has 1 aromatic heterocycles. The molecule has 1 N–H and O–H groups in total. The number of pyridine rings is 1. The molecule has 0 atom stereocenters. The Labute approximate surface area is 95.4 Å². The summed E-state index contributed by atoms with van der Waals surface area (Å²) in [4.78, 5) is 10.6. The number of H-pyrrole nitrogens is 1. The van der Waals surface area contributed by atoms with Crippen molar-refractivity contribution in [2.24, 2.45) is 0 Å². The van der Waals surface area contributed by atoms with Crippen LogP contribution in [0, 0.1) is 5.82 Å². The Morgan fingerprint density at radius 1 is 1.35 bits per heavy atom. The molecule has 1 rings (SSSR count). The van der Waals surface area contributed by atoms with Crippen LogP contribution in [0.5, 0.6) is 5.75 Å².